The van der Waals surface area contributed by atoms with Gasteiger partial charge in [-0.05, 0) is 31.4 Å². The number of rotatable bonds is 5. The van der Waals surface area contributed by atoms with Crippen molar-refractivity contribution in [2.75, 3.05) is 26.9 Å². The summed E-state index contributed by atoms with van der Waals surface area (Å²) in [5.74, 6) is 1.51. The lowest BCUT2D eigenvalue weighted by Crippen LogP contribution is -2.20. The molecule has 1 aliphatic rings. The molecule has 0 radical (unpaired) electrons. The fourth-order valence-electron chi connectivity index (χ4n) is 2.82. The van der Waals surface area contributed by atoms with E-state index in [1.54, 1.807) is 7.11 Å². The highest BCUT2D eigenvalue weighted by Crippen LogP contribution is 2.27. The Morgan fingerprint density at radius 3 is 3.25 bits per heavy atom. The number of hydrogen-bond acceptors (Lipinski definition) is 4. The third-order valence-electron chi connectivity index (χ3n) is 3.79. The lowest BCUT2D eigenvalue weighted by molar-refractivity contribution is 0.0769. The zero-order chi connectivity index (χ0) is 13.8. The van der Waals surface area contributed by atoms with Crippen LogP contribution in [0.5, 0.6) is 0 Å². The summed E-state index contributed by atoms with van der Waals surface area (Å²) in [5.41, 5.74) is 1.95. The van der Waals surface area contributed by atoms with Crippen LogP contribution in [-0.4, -0.2) is 41.5 Å². The summed E-state index contributed by atoms with van der Waals surface area (Å²) in [6, 6.07) is 3.97. The predicted octanol–water partition coefficient (Wildman–Crippen LogP) is 2.36. The normalized spacial score (nSPS) is 19.6. The summed E-state index contributed by atoms with van der Waals surface area (Å²) in [5, 5.41) is 0. The first-order valence-corrected chi connectivity index (χ1v) is 7.28. The minimum atomic E-state index is 0.389. The number of nitrogens with zero attached hydrogens (tertiary/aromatic N) is 3. The number of hydrogen-bond donors (Lipinski definition) is 0. The Hall–Kier alpha value is -1.46. The van der Waals surface area contributed by atoms with E-state index >= 15 is 0 Å². The van der Waals surface area contributed by atoms with Crippen LogP contribution in [0.1, 0.15) is 31.0 Å². The smallest absolute Gasteiger partial charge is 0.159 e. The molecular weight excluding hydrogens is 254 g/mol. The second kappa shape index (κ2) is 6.33. The van der Waals surface area contributed by atoms with Crippen LogP contribution in [0.15, 0.2) is 18.3 Å². The van der Waals surface area contributed by atoms with Gasteiger partial charge in [-0.1, -0.05) is 0 Å². The van der Waals surface area contributed by atoms with Crippen LogP contribution in [0.25, 0.3) is 11.2 Å². The van der Waals surface area contributed by atoms with Gasteiger partial charge in [-0.3, -0.25) is 0 Å². The third-order valence-corrected chi connectivity index (χ3v) is 3.79. The van der Waals surface area contributed by atoms with Crippen molar-refractivity contribution in [2.24, 2.45) is 0 Å². The van der Waals surface area contributed by atoms with Crippen LogP contribution in [0.2, 0.25) is 0 Å². The van der Waals surface area contributed by atoms with E-state index in [0.29, 0.717) is 5.92 Å². The molecule has 0 spiro atoms. The summed E-state index contributed by atoms with van der Waals surface area (Å²) < 4.78 is 13.0. The van der Waals surface area contributed by atoms with Gasteiger partial charge < -0.3 is 14.0 Å². The second-order valence-electron chi connectivity index (χ2n) is 5.23. The quantitative estimate of drug-likeness (QED) is 0.786. The first kappa shape index (κ1) is 13.5. The van der Waals surface area contributed by atoms with Crippen molar-refractivity contribution in [3.63, 3.8) is 0 Å². The van der Waals surface area contributed by atoms with Gasteiger partial charge in [0.05, 0.1) is 6.61 Å². The lowest BCUT2D eigenvalue weighted by Gasteiger charge is -2.22. The Labute approximate surface area is 118 Å². The number of pyridine rings is 1. The van der Waals surface area contributed by atoms with Crippen molar-refractivity contribution in [2.45, 2.75) is 31.7 Å². The van der Waals surface area contributed by atoms with Crippen molar-refractivity contribution in [1.82, 2.24) is 14.5 Å². The molecule has 1 saturated heterocycles. The molecular formula is C15H21N3O2. The van der Waals surface area contributed by atoms with Gasteiger partial charge >= 0.3 is 0 Å². The van der Waals surface area contributed by atoms with E-state index in [0.717, 1.165) is 62.6 Å². The van der Waals surface area contributed by atoms with E-state index in [-0.39, 0.29) is 0 Å². The topological polar surface area (TPSA) is 49.2 Å². The third kappa shape index (κ3) is 2.69. The molecule has 5 heteroatoms. The van der Waals surface area contributed by atoms with E-state index in [4.69, 9.17) is 14.5 Å². The summed E-state index contributed by atoms with van der Waals surface area (Å²) >= 11 is 0. The van der Waals surface area contributed by atoms with Crippen LogP contribution in [0.3, 0.4) is 0 Å². The standard InChI is InChI=1S/C15H21N3O2/c1-19-9-4-8-18-14(12-5-3-10-20-11-12)17-13-6-2-7-16-15(13)18/h2,6-7,12H,3-5,8-11H2,1H3. The first-order valence-electron chi connectivity index (χ1n) is 7.28. The highest BCUT2D eigenvalue weighted by molar-refractivity contribution is 5.71. The molecule has 2 aromatic rings. The largest absolute Gasteiger partial charge is 0.385 e. The van der Waals surface area contributed by atoms with Crippen molar-refractivity contribution >= 4 is 11.2 Å². The molecule has 0 amide bonds. The number of imidazole rings is 1. The molecule has 0 aromatic carbocycles. The van der Waals surface area contributed by atoms with Gasteiger partial charge in [-0.2, -0.15) is 0 Å². The molecule has 3 rings (SSSR count). The molecule has 1 fully saturated rings. The Morgan fingerprint density at radius 2 is 2.45 bits per heavy atom. The summed E-state index contributed by atoms with van der Waals surface area (Å²) in [6.45, 7) is 3.30. The summed E-state index contributed by atoms with van der Waals surface area (Å²) in [4.78, 5) is 9.29. The average Bonchev–Trinajstić information content (AvgIpc) is 2.87. The molecule has 1 aliphatic heterocycles. The van der Waals surface area contributed by atoms with Crippen molar-refractivity contribution < 1.29 is 9.47 Å². The van der Waals surface area contributed by atoms with E-state index in [1.807, 2.05) is 18.3 Å². The number of ether oxygens (including phenoxy) is 2. The lowest BCUT2D eigenvalue weighted by atomic mass is 10.0. The molecule has 2 aromatic heterocycles. The Bertz CT molecular complexity index is 561. The highest BCUT2D eigenvalue weighted by Gasteiger charge is 2.23. The van der Waals surface area contributed by atoms with Gasteiger partial charge in [-0.25, -0.2) is 9.97 Å². The molecule has 1 atom stereocenters. The molecule has 3 heterocycles. The predicted molar refractivity (Wildman–Crippen MR) is 76.8 cm³/mol. The maximum atomic E-state index is 5.61. The minimum Gasteiger partial charge on any atom is -0.385 e. The maximum Gasteiger partial charge on any atom is 0.159 e. The molecule has 0 saturated carbocycles. The molecule has 1 unspecified atom stereocenters. The first-order chi connectivity index (χ1) is 9.90. The van der Waals surface area contributed by atoms with E-state index in [2.05, 4.69) is 9.55 Å². The van der Waals surface area contributed by atoms with Gasteiger partial charge in [0.1, 0.15) is 11.3 Å². The number of methoxy groups -OCH3 is 1. The molecule has 0 N–H and O–H groups in total. The van der Waals surface area contributed by atoms with E-state index in [9.17, 15) is 0 Å². The number of aryl methyl sites for hydroxylation is 1. The van der Waals surface area contributed by atoms with Crippen LogP contribution in [0, 0.1) is 0 Å². The zero-order valence-electron chi connectivity index (χ0n) is 11.9. The fraction of sp³-hybridized carbons (Fsp3) is 0.600. The van der Waals surface area contributed by atoms with Crippen LogP contribution < -0.4 is 0 Å². The van der Waals surface area contributed by atoms with Crippen LogP contribution in [-0.2, 0) is 16.0 Å². The minimum absolute atomic E-state index is 0.389. The number of aromatic nitrogens is 3. The zero-order valence-corrected chi connectivity index (χ0v) is 11.9. The fourth-order valence-corrected chi connectivity index (χ4v) is 2.82. The molecule has 20 heavy (non-hydrogen) atoms. The highest BCUT2D eigenvalue weighted by atomic mass is 16.5. The van der Waals surface area contributed by atoms with E-state index < -0.39 is 0 Å². The van der Waals surface area contributed by atoms with Gasteiger partial charge in [0.25, 0.3) is 0 Å². The Morgan fingerprint density at radius 1 is 1.50 bits per heavy atom. The second-order valence-corrected chi connectivity index (χ2v) is 5.23. The van der Waals surface area contributed by atoms with Gasteiger partial charge in [0.2, 0.25) is 0 Å². The van der Waals surface area contributed by atoms with Crippen LogP contribution >= 0.6 is 0 Å². The Kier molecular flexibility index (Phi) is 4.28. The average molecular weight is 275 g/mol. The van der Waals surface area contributed by atoms with Crippen molar-refractivity contribution in [3.8, 4) is 0 Å². The summed E-state index contributed by atoms with van der Waals surface area (Å²) in [7, 11) is 1.74. The van der Waals surface area contributed by atoms with E-state index in [1.165, 1.54) is 0 Å². The SMILES string of the molecule is COCCCn1c(C2CCCOC2)nc2cccnc21. The molecule has 0 bridgehead atoms. The van der Waals surface area contributed by atoms with Gasteiger partial charge in [-0.15, -0.1) is 0 Å². The molecule has 108 valence electrons. The number of fused-ring (bicyclic) bond motifs is 1. The van der Waals surface area contributed by atoms with Crippen LogP contribution in [0.4, 0.5) is 0 Å². The molecule has 5 nitrogen and oxygen atoms in total. The van der Waals surface area contributed by atoms with Gasteiger partial charge in [0, 0.05) is 39.0 Å². The Balaban J connectivity index is 1.93. The van der Waals surface area contributed by atoms with Crippen molar-refractivity contribution in [1.29, 1.82) is 0 Å². The summed E-state index contributed by atoms with van der Waals surface area (Å²) in [6.07, 6.45) is 5.06. The van der Waals surface area contributed by atoms with Gasteiger partial charge in [0.15, 0.2) is 5.65 Å². The van der Waals surface area contributed by atoms with Crippen molar-refractivity contribution in [3.05, 3.63) is 24.2 Å². The molecule has 0 aliphatic carbocycles. The maximum absolute atomic E-state index is 5.61. The monoisotopic (exact) mass is 275 g/mol.